The predicted molar refractivity (Wildman–Crippen MR) is 98.3 cm³/mol. The summed E-state index contributed by atoms with van der Waals surface area (Å²) < 4.78 is 5.34. The number of carbonyl (C=O) groups is 1. The summed E-state index contributed by atoms with van der Waals surface area (Å²) >= 11 is 12.1. The molecule has 4 nitrogen and oxygen atoms in total. The van der Waals surface area contributed by atoms with Crippen LogP contribution in [-0.4, -0.2) is 26.6 Å². The van der Waals surface area contributed by atoms with E-state index in [-0.39, 0.29) is 5.91 Å². The second-order valence-electron chi connectivity index (χ2n) is 5.73. The molecule has 0 aliphatic rings. The Labute approximate surface area is 152 Å². The van der Waals surface area contributed by atoms with Gasteiger partial charge >= 0.3 is 0 Å². The summed E-state index contributed by atoms with van der Waals surface area (Å²) in [6.45, 7) is 2.83. The molecular formula is C18H21Cl2N2O2+. The molecule has 1 amide bonds. The maximum Gasteiger partial charge on any atom is 0.279 e. The van der Waals surface area contributed by atoms with Crippen molar-refractivity contribution in [3.05, 3.63) is 57.6 Å². The Balaban J connectivity index is 1.99. The summed E-state index contributed by atoms with van der Waals surface area (Å²) in [5, 5.41) is 4.19. The van der Waals surface area contributed by atoms with Gasteiger partial charge in [0.25, 0.3) is 5.91 Å². The number of ether oxygens (including phenoxy) is 1. The highest BCUT2D eigenvalue weighted by Crippen LogP contribution is 2.23. The zero-order chi connectivity index (χ0) is 17.7. The van der Waals surface area contributed by atoms with Gasteiger partial charge in [-0.25, -0.2) is 0 Å². The molecule has 0 aliphatic heterocycles. The zero-order valence-corrected chi connectivity index (χ0v) is 15.5. The van der Waals surface area contributed by atoms with Crippen LogP contribution in [-0.2, 0) is 11.3 Å². The highest BCUT2D eigenvalue weighted by molar-refractivity contribution is 6.31. The normalized spacial score (nSPS) is 11.9. The van der Waals surface area contributed by atoms with E-state index < -0.39 is 0 Å². The van der Waals surface area contributed by atoms with Gasteiger partial charge in [0.1, 0.15) is 12.3 Å². The summed E-state index contributed by atoms with van der Waals surface area (Å²) in [5.41, 5.74) is 2.57. The average Bonchev–Trinajstić information content (AvgIpc) is 2.52. The van der Waals surface area contributed by atoms with Gasteiger partial charge in [0.2, 0.25) is 0 Å². The Morgan fingerprint density at radius 2 is 2.00 bits per heavy atom. The van der Waals surface area contributed by atoms with Crippen LogP contribution in [0.4, 0.5) is 5.69 Å². The summed E-state index contributed by atoms with van der Waals surface area (Å²) in [6.07, 6.45) is 0. The molecule has 0 bridgehead atoms. The second kappa shape index (κ2) is 8.38. The van der Waals surface area contributed by atoms with Crippen LogP contribution in [0.2, 0.25) is 10.0 Å². The van der Waals surface area contributed by atoms with Crippen LogP contribution in [0.25, 0.3) is 0 Å². The first kappa shape index (κ1) is 18.6. The van der Waals surface area contributed by atoms with E-state index in [0.29, 0.717) is 23.1 Å². The van der Waals surface area contributed by atoms with Crippen molar-refractivity contribution in [2.45, 2.75) is 13.5 Å². The third-order valence-electron chi connectivity index (χ3n) is 3.74. The van der Waals surface area contributed by atoms with Crippen molar-refractivity contribution in [1.82, 2.24) is 0 Å². The lowest BCUT2D eigenvalue weighted by atomic mass is 10.2. The van der Waals surface area contributed by atoms with Gasteiger partial charge < -0.3 is 15.0 Å². The van der Waals surface area contributed by atoms with Gasteiger partial charge in [0, 0.05) is 21.3 Å². The first-order valence-electron chi connectivity index (χ1n) is 7.59. The van der Waals surface area contributed by atoms with Crippen LogP contribution < -0.4 is 15.0 Å². The fraction of sp³-hybridized carbons (Fsp3) is 0.278. The van der Waals surface area contributed by atoms with Crippen molar-refractivity contribution >= 4 is 34.8 Å². The number of quaternary nitrogens is 1. The molecule has 24 heavy (non-hydrogen) atoms. The van der Waals surface area contributed by atoms with Crippen LogP contribution in [0.5, 0.6) is 5.75 Å². The molecule has 2 aromatic rings. The lowest BCUT2D eigenvalue weighted by Crippen LogP contribution is -3.08. The van der Waals surface area contributed by atoms with E-state index >= 15 is 0 Å². The van der Waals surface area contributed by atoms with E-state index in [0.717, 1.165) is 27.5 Å². The van der Waals surface area contributed by atoms with Crippen molar-refractivity contribution in [3.63, 3.8) is 0 Å². The van der Waals surface area contributed by atoms with Gasteiger partial charge in [-0.1, -0.05) is 29.3 Å². The monoisotopic (exact) mass is 367 g/mol. The minimum absolute atomic E-state index is 0.0705. The molecule has 0 aliphatic carbocycles. The molecule has 0 aromatic heterocycles. The third kappa shape index (κ3) is 4.87. The van der Waals surface area contributed by atoms with Crippen LogP contribution >= 0.6 is 23.2 Å². The largest absolute Gasteiger partial charge is 0.496 e. The predicted octanol–water partition coefficient (Wildman–Crippen LogP) is 2.96. The highest BCUT2D eigenvalue weighted by Gasteiger charge is 2.15. The molecule has 0 fully saturated rings. The Bertz CT molecular complexity index is 735. The Kier molecular flexibility index (Phi) is 6.49. The summed E-state index contributed by atoms with van der Waals surface area (Å²) in [4.78, 5) is 13.3. The third-order valence-corrected chi connectivity index (χ3v) is 4.38. The number of nitrogens with one attached hydrogen (secondary N) is 2. The molecule has 1 unspecified atom stereocenters. The molecule has 2 aromatic carbocycles. The van der Waals surface area contributed by atoms with Crippen molar-refractivity contribution < 1.29 is 14.4 Å². The minimum atomic E-state index is -0.0705. The molecule has 0 spiro atoms. The molecule has 0 saturated carbocycles. The highest BCUT2D eigenvalue weighted by atomic mass is 35.5. The van der Waals surface area contributed by atoms with Crippen molar-refractivity contribution in [1.29, 1.82) is 0 Å². The van der Waals surface area contributed by atoms with Crippen LogP contribution in [0.15, 0.2) is 36.4 Å². The van der Waals surface area contributed by atoms with E-state index in [1.165, 1.54) is 0 Å². The Morgan fingerprint density at radius 3 is 2.71 bits per heavy atom. The van der Waals surface area contributed by atoms with Gasteiger partial charge in [-0.2, -0.15) is 0 Å². The van der Waals surface area contributed by atoms with Crippen molar-refractivity contribution in [3.8, 4) is 5.75 Å². The lowest BCUT2D eigenvalue weighted by molar-refractivity contribution is -0.885. The van der Waals surface area contributed by atoms with E-state index in [1.807, 2.05) is 38.2 Å². The number of likely N-dealkylation sites (N-methyl/N-ethyl adjacent to an activating group) is 1. The van der Waals surface area contributed by atoms with Gasteiger partial charge in [0.05, 0.1) is 14.2 Å². The lowest BCUT2D eigenvalue weighted by Gasteiger charge is -2.16. The summed E-state index contributed by atoms with van der Waals surface area (Å²) in [5.74, 6) is 0.698. The van der Waals surface area contributed by atoms with E-state index in [4.69, 9.17) is 27.9 Å². The number of benzene rings is 2. The smallest absolute Gasteiger partial charge is 0.279 e. The number of hydrogen-bond donors (Lipinski definition) is 2. The van der Waals surface area contributed by atoms with E-state index in [2.05, 4.69) is 5.32 Å². The molecule has 1 atom stereocenters. The molecule has 6 heteroatoms. The first-order valence-corrected chi connectivity index (χ1v) is 8.35. The Hall–Kier alpha value is -1.75. The van der Waals surface area contributed by atoms with Crippen LogP contribution in [0.3, 0.4) is 0 Å². The summed E-state index contributed by atoms with van der Waals surface area (Å²) in [6, 6.07) is 10.9. The number of halogens is 2. The summed E-state index contributed by atoms with van der Waals surface area (Å²) in [7, 11) is 3.57. The number of hydrogen-bond acceptors (Lipinski definition) is 2. The van der Waals surface area contributed by atoms with Gasteiger partial charge in [-0.15, -0.1) is 0 Å². The molecule has 0 heterocycles. The van der Waals surface area contributed by atoms with Crippen LogP contribution in [0, 0.1) is 6.92 Å². The quantitative estimate of drug-likeness (QED) is 0.823. The zero-order valence-electron chi connectivity index (χ0n) is 14.0. The van der Waals surface area contributed by atoms with Gasteiger partial charge in [0.15, 0.2) is 6.54 Å². The molecular weight excluding hydrogens is 347 g/mol. The van der Waals surface area contributed by atoms with E-state index in [1.54, 1.807) is 19.2 Å². The number of amides is 1. The maximum atomic E-state index is 12.3. The van der Waals surface area contributed by atoms with Gasteiger partial charge in [-0.05, 0) is 42.8 Å². The molecule has 128 valence electrons. The fourth-order valence-electron chi connectivity index (χ4n) is 2.48. The molecule has 0 saturated heterocycles. The number of carbonyl (C=O) groups excluding carboxylic acids is 1. The molecule has 2 N–H and O–H groups in total. The minimum Gasteiger partial charge on any atom is -0.496 e. The Morgan fingerprint density at radius 1 is 1.25 bits per heavy atom. The molecule has 2 rings (SSSR count). The SMILES string of the molecule is COc1ccc(Cl)cc1C[NH+](C)CC(=O)Nc1cccc(Cl)c1C. The first-order chi connectivity index (χ1) is 11.4. The average molecular weight is 368 g/mol. The molecule has 0 radical (unpaired) electrons. The second-order valence-corrected chi connectivity index (χ2v) is 6.57. The van der Waals surface area contributed by atoms with Crippen molar-refractivity contribution in [2.24, 2.45) is 0 Å². The maximum absolute atomic E-state index is 12.3. The number of rotatable bonds is 6. The van der Waals surface area contributed by atoms with Gasteiger partial charge in [-0.3, -0.25) is 4.79 Å². The fourth-order valence-corrected chi connectivity index (χ4v) is 2.85. The number of methoxy groups -OCH3 is 1. The topological polar surface area (TPSA) is 42.8 Å². The number of anilines is 1. The van der Waals surface area contributed by atoms with Crippen molar-refractivity contribution in [2.75, 3.05) is 26.0 Å². The standard InChI is InChI=1S/C18H20Cl2N2O2/c1-12-15(20)5-4-6-16(12)21-18(23)11-22(2)10-13-9-14(19)7-8-17(13)24-3/h4-9H,10-11H2,1-3H3,(H,21,23)/p+1. The van der Waals surface area contributed by atoms with E-state index in [9.17, 15) is 4.79 Å². The van der Waals surface area contributed by atoms with Crippen LogP contribution in [0.1, 0.15) is 11.1 Å².